The molecular formula is C26H33N3O3. The first-order valence-electron chi connectivity index (χ1n) is 11.5. The van der Waals surface area contributed by atoms with E-state index in [2.05, 4.69) is 55.7 Å². The number of piperidine rings is 1. The number of carbonyl (C=O) groups excluding carboxylic acids is 2. The molecule has 0 radical (unpaired) electrons. The van der Waals surface area contributed by atoms with Crippen LogP contribution in [0, 0.1) is 26.7 Å². The molecule has 1 aromatic carbocycles. The first-order chi connectivity index (χ1) is 15.4. The van der Waals surface area contributed by atoms with Crippen LogP contribution < -0.4 is 0 Å². The van der Waals surface area contributed by atoms with Crippen molar-refractivity contribution in [2.75, 3.05) is 39.4 Å². The van der Waals surface area contributed by atoms with Crippen molar-refractivity contribution in [1.82, 2.24) is 14.4 Å². The van der Waals surface area contributed by atoms with Crippen molar-refractivity contribution < 1.29 is 14.3 Å². The van der Waals surface area contributed by atoms with Gasteiger partial charge in [0.05, 0.1) is 13.2 Å². The fraction of sp³-hybridized carbons (Fsp3) is 0.462. The van der Waals surface area contributed by atoms with Crippen LogP contribution >= 0.6 is 0 Å². The fourth-order valence-electron chi connectivity index (χ4n) is 4.70. The van der Waals surface area contributed by atoms with Gasteiger partial charge in [0.25, 0.3) is 0 Å². The molecule has 6 nitrogen and oxygen atoms in total. The minimum absolute atomic E-state index is 0.0161. The molecule has 0 unspecified atom stereocenters. The van der Waals surface area contributed by atoms with Gasteiger partial charge in [0.2, 0.25) is 11.8 Å². The molecular weight excluding hydrogens is 402 g/mol. The number of benzene rings is 1. The Morgan fingerprint density at radius 3 is 2.25 bits per heavy atom. The second-order valence-electron chi connectivity index (χ2n) is 8.87. The molecule has 2 aliphatic rings. The Morgan fingerprint density at radius 2 is 1.59 bits per heavy atom. The van der Waals surface area contributed by atoms with Gasteiger partial charge in [-0.3, -0.25) is 9.59 Å². The highest BCUT2D eigenvalue weighted by Gasteiger charge is 2.30. The van der Waals surface area contributed by atoms with E-state index in [9.17, 15) is 9.59 Å². The summed E-state index contributed by atoms with van der Waals surface area (Å²) in [6.45, 7) is 10.1. The van der Waals surface area contributed by atoms with E-state index in [0.29, 0.717) is 39.4 Å². The van der Waals surface area contributed by atoms with Gasteiger partial charge in [-0.05, 0) is 63.5 Å². The second kappa shape index (κ2) is 9.74. The zero-order valence-electron chi connectivity index (χ0n) is 19.3. The zero-order valence-corrected chi connectivity index (χ0v) is 19.3. The van der Waals surface area contributed by atoms with Crippen molar-refractivity contribution in [2.45, 2.75) is 33.6 Å². The first kappa shape index (κ1) is 22.3. The van der Waals surface area contributed by atoms with Crippen LogP contribution in [0.3, 0.4) is 0 Å². The van der Waals surface area contributed by atoms with Crippen molar-refractivity contribution in [3.63, 3.8) is 0 Å². The zero-order chi connectivity index (χ0) is 22.7. The van der Waals surface area contributed by atoms with Crippen LogP contribution in [-0.2, 0) is 14.3 Å². The number of nitrogens with zero attached hydrogens (tertiary/aromatic N) is 3. The highest BCUT2D eigenvalue weighted by molar-refractivity contribution is 5.92. The maximum atomic E-state index is 12.8. The highest BCUT2D eigenvalue weighted by atomic mass is 16.5. The van der Waals surface area contributed by atoms with Crippen LogP contribution in [0.4, 0.5) is 0 Å². The summed E-state index contributed by atoms with van der Waals surface area (Å²) >= 11 is 0. The van der Waals surface area contributed by atoms with Gasteiger partial charge in [-0.1, -0.05) is 17.7 Å². The van der Waals surface area contributed by atoms with Crippen molar-refractivity contribution in [3.8, 4) is 5.69 Å². The van der Waals surface area contributed by atoms with Crippen LogP contribution in [0.5, 0.6) is 0 Å². The average molecular weight is 436 g/mol. The Hall–Kier alpha value is -2.86. The molecule has 0 atom stereocenters. The third-order valence-corrected chi connectivity index (χ3v) is 6.65. The molecule has 1 aromatic heterocycles. The SMILES string of the molecule is Cc1ccc(-n2c(C)cc(/C=C/C(=O)N3CCC(C(=O)N4CCOCC4)CC3)c2C)cc1. The second-order valence-corrected chi connectivity index (χ2v) is 8.87. The van der Waals surface area contributed by atoms with Gasteiger partial charge in [-0.15, -0.1) is 0 Å². The molecule has 0 aliphatic carbocycles. The number of hydrogen-bond donors (Lipinski definition) is 0. The summed E-state index contributed by atoms with van der Waals surface area (Å²) in [4.78, 5) is 29.3. The normalized spacial score (nSPS) is 17.8. The number of likely N-dealkylation sites (tertiary alicyclic amines) is 1. The van der Waals surface area contributed by atoms with Gasteiger partial charge < -0.3 is 19.1 Å². The van der Waals surface area contributed by atoms with Gasteiger partial charge in [0, 0.05) is 55.2 Å². The summed E-state index contributed by atoms with van der Waals surface area (Å²) in [5.41, 5.74) is 5.67. The maximum Gasteiger partial charge on any atom is 0.246 e. The number of rotatable bonds is 4. The van der Waals surface area contributed by atoms with E-state index in [1.54, 1.807) is 6.08 Å². The number of hydrogen-bond acceptors (Lipinski definition) is 3. The largest absolute Gasteiger partial charge is 0.378 e. The summed E-state index contributed by atoms with van der Waals surface area (Å²) in [5, 5.41) is 0. The third-order valence-electron chi connectivity index (χ3n) is 6.65. The molecule has 32 heavy (non-hydrogen) atoms. The Bertz CT molecular complexity index is 992. The van der Waals surface area contributed by atoms with E-state index >= 15 is 0 Å². The molecule has 170 valence electrons. The predicted molar refractivity (Wildman–Crippen MR) is 126 cm³/mol. The van der Waals surface area contributed by atoms with Crippen LogP contribution in [-0.4, -0.2) is 65.6 Å². The maximum absolute atomic E-state index is 12.8. The average Bonchev–Trinajstić information content (AvgIpc) is 3.11. The summed E-state index contributed by atoms with van der Waals surface area (Å²) < 4.78 is 7.55. The Morgan fingerprint density at radius 1 is 0.938 bits per heavy atom. The molecule has 3 heterocycles. The Kier molecular flexibility index (Phi) is 6.80. The lowest BCUT2D eigenvalue weighted by atomic mass is 9.95. The van der Waals surface area contributed by atoms with E-state index in [1.807, 2.05) is 15.9 Å². The van der Waals surface area contributed by atoms with Gasteiger partial charge in [-0.2, -0.15) is 0 Å². The highest BCUT2D eigenvalue weighted by Crippen LogP contribution is 2.23. The van der Waals surface area contributed by atoms with E-state index in [-0.39, 0.29) is 17.7 Å². The molecule has 6 heteroatoms. The number of amides is 2. The molecule has 2 aromatic rings. The molecule has 2 aliphatic heterocycles. The molecule has 0 N–H and O–H groups in total. The van der Waals surface area contributed by atoms with Crippen molar-refractivity contribution in [3.05, 3.63) is 58.9 Å². The Labute approximate surface area is 190 Å². The number of aromatic nitrogens is 1. The molecule has 0 spiro atoms. The van der Waals surface area contributed by atoms with E-state index in [0.717, 1.165) is 35.5 Å². The number of carbonyl (C=O) groups is 2. The third kappa shape index (κ3) is 4.80. The minimum atomic E-state index is 0.0161. The predicted octanol–water partition coefficient (Wildman–Crippen LogP) is 3.51. The quantitative estimate of drug-likeness (QED) is 0.691. The topological polar surface area (TPSA) is 54.8 Å². The minimum Gasteiger partial charge on any atom is -0.378 e. The lowest BCUT2D eigenvalue weighted by molar-refractivity contribution is -0.142. The van der Waals surface area contributed by atoms with Crippen LogP contribution in [0.25, 0.3) is 11.8 Å². The number of aryl methyl sites for hydroxylation is 2. The lowest BCUT2D eigenvalue weighted by Gasteiger charge is -2.35. The first-order valence-corrected chi connectivity index (χ1v) is 11.5. The lowest BCUT2D eigenvalue weighted by Crippen LogP contribution is -2.47. The molecule has 2 amide bonds. The van der Waals surface area contributed by atoms with Crippen molar-refractivity contribution >= 4 is 17.9 Å². The van der Waals surface area contributed by atoms with Crippen molar-refractivity contribution in [1.29, 1.82) is 0 Å². The summed E-state index contributed by atoms with van der Waals surface area (Å²) in [5.74, 6) is 0.261. The standard InChI is InChI=1S/C26H33N3O3/c1-19-4-7-24(8-5-19)29-20(2)18-23(21(29)3)6-9-25(30)27-12-10-22(11-13-27)26(31)28-14-16-32-17-15-28/h4-9,18,22H,10-17H2,1-3H3/b9-6+. The Balaban J connectivity index is 1.36. The number of ether oxygens (including phenoxy) is 1. The van der Waals surface area contributed by atoms with E-state index in [4.69, 9.17) is 4.74 Å². The molecule has 2 saturated heterocycles. The monoisotopic (exact) mass is 435 g/mol. The van der Waals surface area contributed by atoms with Crippen LogP contribution in [0.15, 0.2) is 36.4 Å². The molecule has 0 saturated carbocycles. The van der Waals surface area contributed by atoms with Crippen LogP contribution in [0.2, 0.25) is 0 Å². The summed E-state index contributed by atoms with van der Waals surface area (Å²) in [6.07, 6.45) is 5.06. The smallest absolute Gasteiger partial charge is 0.246 e. The molecule has 4 rings (SSSR count). The van der Waals surface area contributed by atoms with E-state index < -0.39 is 0 Å². The van der Waals surface area contributed by atoms with Crippen LogP contribution in [0.1, 0.15) is 35.4 Å². The molecule has 2 fully saturated rings. The van der Waals surface area contributed by atoms with E-state index in [1.165, 1.54) is 5.56 Å². The number of morpholine rings is 1. The molecule has 0 bridgehead atoms. The van der Waals surface area contributed by atoms with Gasteiger partial charge >= 0.3 is 0 Å². The van der Waals surface area contributed by atoms with Gasteiger partial charge in [0.1, 0.15) is 0 Å². The van der Waals surface area contributed by atoms with Gasteiger partial charge in [0.15, 0.2) is 0 Å². The van der Waals surface area contributed by atoms with Gasteiger partial charge in [-0.25, -0.2) is 0 Å². The fourth-order valence-corrected chi connectivity index (χ4v) is 4.70. The van der Waals surface area contributed by atoms with Crippen molar-refractivity contribution in [2.24, 2.45) is 5.92 Å². The summed E-state index contributed by atoms with van der Waals surface area (Å²) in [6, 6.07) is 10.6. The summed E-state index contributed by atoms with van der Waals surface area (Å²) in [7, 11) is 0.